The van der Waals surface area contributed by atoms with Crippen molar-refractivity contribution in [2.24, 2.45) is 0 Å². The molecule has 7 nitrogen and oxygen atoms in total. The second-order valence-corrected chi connectivity index (χ2v) is 10.8. The van der Waals surface area contributed by atoms with Crippen molar-refractivity contribution in [2.75, 3.05) is 17.9 Å². The normalized spacial score (nSPS) is 12.0. The number of benzene rings is 3. The van der Waals surface area contributed by atoms with E-state index in [2.05, 4.69) is 5.32 Å². The number of likely N-dealkylation sites (N-methyl/N-ethyl adjacent to an activating group) is 1. The first-order valence-corrected chi connectivity index (χ1v) is 13.5. The highest BCUT2D eigenvalue weighted by molar-refractivity contribution is 7.92. The average Bonchev–Trinajstić information content (AvgIpc) is 2.88. The first kappa shape index (κ1) is 28.1. The molecule has 3 rings (SSSR count). The van der Waals surface area contributed by atoms with E-state index in [1.54, 1.807) is 55.5 Å². The molecule has 0 saturated heterocycles. The van der Waals surface area contributed by atoms with Crippen LogP contribution < -0.4 is 9.62 Å². The molecule has 0 heterocycles. The molecule has 1 atom stereocenters. The van der Waals surface area contributed by atoms with Crippen LogP contribution in [0.5, 0.6) is 0 Å². The molecule has 1 N–H and O–H groups in total. The zero-order chi connectivity index (χ0) is 27.2. The number of rotatable bonds is 10. The molecule has 3 aromatic rings. The van der Waals surface area contributed by atoms with Crippen molar-refractivity contribution < 1.29 is 22.4 Å². The highest BCUT2D eigenvalue weighted by Crippen LogP contribution is 2.25. The molecule has 0 saturated carbocycles. The van der Waals surface area contributed by atoms with Crippen LogP contribution in [0.2, 0.25) is 5.02 Å². The second-order valence-electron chi connectivity index (χ2n) is 8.49. The Morgan fingerprint density at radius 2 is 1.57 bits per heavy atom. The van der Waals surface area contributed by atoms with Crippen molar-refractivity contribution in [2.45, 2.75) is 37.8 Å². The van der Waals surface area contributed by atoms with Crippen LogP contribution >= 0.6 is 11.6 Å². The molecule has 196 valence electrons. The smallest absolute Gasteiger partial charge is 0.264 e. The van der Waals surface area contributed by atoms with Crippen LogP contribution in [0.15, 0.2) is 77.7 Å². The Morgan fingerprint density at radius 1 is 0.973 bits per heavy atom. The topological polar surface area (TPSA) is 86.8 Å². The molecule has 0 fully saturated rings. The number of anilines is 1. The van der Waals surface area contributed by atoms with Gasteiger partial charge in [0.05, 0.1) is 10.6 Å². The van der Waals surface area contributed by atoms with E-state index in [0.29, 0.717) is 11.4 Å². The summed E-state index contributed by atoms with van der Waals surface area (Å²) in [6.45, 7) is 3.13. The Bertz CT molecular complexity index is 1330. The van der Waals surface area contributed by atoms with Crippen molar-refractivity contribution in [1.29, 1.82) is 0 Å². The summed E-state index contributed by atoms with van der Waals surface area (Å²) in [6, 6.07) is 17.1. The Balaban J connectivity index is 2.04. The number of amides is 2. The van der Waals surface area contributed by atoms with Crippen LogP contribution in [0, 0.1) is 12.7 Å². The molecular formula is C27H29ClFN3O4S. The lowest BCUT2D eigenvalue weighted by atomic mass is 10.1. The minimum atomic E-state index is -4.25. The van der Waals surface area contributed by atoms with Crippen LogP contribution in [-0.2, 0) is 26.2 Å². The van der Waals surface area contributed by atoms with E-state index in [1.165, 1.54) is 11.9 Å². The molecule has 10 heteroatoms. The van der Waals surface area contributed by atoms with Crippen LogP contribution in [0.1, 0.15) is 24.5 Å². The summed E-state index contributed by atoms with van der Waals surface area (Å²) in [5.74, 6) is -1.52. The highest BCUT2D eigenvalue weighted by Gasteiger charge is 2.33. The monoisotopic (exact) mass is 545 g/mol. The number of carbonyl (C=O) groups excluding carboxylic acids is 2. The third kappa shape index (κ3) is 6.87. The first-order valence-electron chi connectivity index (χ1n) is 11.7. The van der Waals surface area contributed by atoms with Gasteiger partial charge in [-0.3, -0.25) is 13.9 Å². The molecule has 0 aliphatic carbocycles. The van der Waals surface area contributed by atoms with Gasteiger partial charge in [-0.15, -0.1) is 0 Å². The zero-order valence-corrected chi connectivity index (χ0v) is 22.4. The van der Waals surface area contributed by atoms with Crippen molar-refractivity contribution >= 4 is 39.1 Å². The molecule has 0 radical (unpaired) electrons. The Kier molecular flexibility index (Phi) is 9.29. The molecule has 0 aliphatic rings. The number of hydrogen-bond donors (Lipinski definition) is 1. The summed E-state index contributed by atoms with van der Waals surface area (Å²) in [6.07, 6.45) is 0.314. The third-order valence-electron chi connectivity index (χ3n) is 5.90. The predicted molar refractivity (Wildman–Crippen MR) is 142 cm³/mol. The standard InChI is InChI=1S/C27H29ClFN3O4S/c1-4-25(27(34)30-3)31(17-20-7-9-21(28)10-8-20)26(33)18-32(23-13-5-19(2)6-14-23)37(35,36)24-15-11-22(29)12-16-24/h5-16,25H,4,17-18H2,1-3H3,(H,30,34)/t25-/m1/s1. The van der Waals surface area contributed by atoms with E-state index in [4.69, 9.17) is 11.6 Å². The van der Waals surface area contributed by atoms with Gasteiger partial charge in [0.2, 0.25) is 11.8 Å². The molecule has 0 bridgehead atoms. The summed E-state index contributed by atoms with van der Waals surface area (Å²) in [7, 11) is -2.77. The second kappa shape index (κ2) is 12.2. The fourth-order valence-corrected chi connectivity index (χ4v) is 5.39. The number of hydrogen-bond acceptors (Lipinski definition) is 4. The van der Waals surface area contributed by atoms with Crippen molar-refractivity contribution in [1.82, 2.24) is 10.2 Å². The Morgan fingerprint density at radius 3 is 2.11 bits per heavy atom. The van der Waals surface area contributed by atoms with E-state index in [9.17, 15) is 22.4 Å². The first-order chi connectivity index (χ1) is 17.6. The maximum absolute atomic E-state index is 13.8. The number of sulfonamides is 1. The van der Waals surface area contributed by atoms with Crippen molar-refractivity contribution in [3.8, 4) is 0 Å². The fourth-order valence-electron chi connectivity index (χ4n) is 3.85. The zero-order valence-electron chi connectivity index (χ0n) is 20.8. The molecule has 0 aliphatic heterocycles. The number of carbonyl (C=O) groups is 2. The maximum Gasteiger partial charge on any atom is 0.264 e. The Labute approximate surface area is 221 Å². The minimum absolute atomic E-state index is 0.0697. The summed E-state index contributed by atoms with van der Waals surface area (Å²) < 4.78 is 41.8. The van der Waals surface area contributed by atoms with E-state index >= 15 is 0 Å². The van der Waals surface area contributed by atoms with Gasteiger partial charge in [0.15, 0.2) is 0 Å². The molecule has 37 heavy (non-hydrogen) atoms. The van der Waals surface area contributed by atoms with Crippen molar-refractivity contribution in [3.63, 3.8) is 0 Å². The van der Waals surface area contributed by atoms with E-state index in [1.807, 2.05) is 6.92 Å². The fraction of sp³-hybridized carbons (Fsp3) is 0.259. The van der Waals surface area contributed by atoms with Crippen LogP contribution in [0.4, 0.5) is 10.1 Å². The number of halogens is 2. The summed E-state index contributed by atoms with van der Waals surface area (Å²) >= 11 is 6.00. The van der Waals surface area contributed by atoms with Gasteiger partial charge in [-0.1, -0.05) is 48.4 Å². The van der Waals surface area contributed by atoms with E-state index < -0.39 is 34.3 Å². The van der Waals surface area contributed by atoms with Gasteiger partial charge in [0.1, 0.15) is 18.4 Å². The largest absolute Gasteiger partial charge is 0.357 e. The molecule has 2 amide bonds. The van der Waals surface area contributed by atoms with Crippen LogP contribution in [0.3, 0.4) is 0 Å². The average molecular weight is 546 g/mol. The van der Waals surface area contributed by atoms with Crippen molar-refractivity contribution in [3.05, 3.63) is 94.8 Å². The van der Waals surface area contributed by atoms with Crippen LogP contribution in [0.25, 0.3) is 0 Å². The SMILES string of the molecule is CC[C@H](C(=O)NC)N(Cc1ccc(Cl)cc1)C(=O)CN(c1ccc(C)cc1)S(=O)(=O)c1ccc(F)cc1. The van der Waals surface area contributed by atoms with Gasteiger partial charge >= 0.3 is 0 Å². The Hall–Kier alpha value is -3.43. The molecular weight excluding hydrogens is 517 g/mol. The third-order valence-corrected chi connectivity index (χ3v) is 7.94. The highest BCUT2D eigenvalue weighted by atomic mass is 35.5. The minimum Gasteiger partial charge on any atom is -0.357 e. The molecule has 3 aromatic carbocycles. The van der Waals surface area contributed by atoms with Gasteiger partial charge in [0, 0.05) is 18.6 Å². The van der Waals surface area contributed by atoms with E-state index in [0.717, 1.165) is 39.7 Å². The molecule has 0 spiro atoms. The van der Waals surface area contributed by atoms with Gasteiger partial charge in [0.25, 0.3) is 10.0 Å². The lowest BCUT2D eigenvalue weighted by Crippen LogP contribution is -2.51. The van der Waals surface area contributed by atoms with Gasteiger partial charge < -0.3 is 10.2 Å². The summed E-state index contributed by atoms with van der Waals surface area (Å²) in [5, 5.41) is 3.10. The number of nitrogens with one attached hydrogen (secondary N) is 1. The quantitative estimate of drug-likeness (QED) is 0.405. The maximum atomic E-state index is 13.8. The molecule has 0 aromatic heterocycles. The van der Waals surface area contributed by atoms with Gasteiger partial charge in [-0.25, -0.2) is 12.8 Å². The lowest BCUT2D eigenvalue weighted by Gasteiger charge is -2.33. The van der Waals surface area contributed by atoms with Gasteiger partial charge in [-0.2, -0.15) is 0 Å². The lowest BCUT2D eigenvalue weighted by molar-refractivity contribution is -0.140. The van der Waals surface area contributed by atoms with E-state index in [-0.39, 0.29) is 23.0 Å². The number of aryl methyl sites for hydroxylation is 1. The summed E-state index contributed by atoms with van der Waals surface area (Å²) in [5.41, 5.74) is 1.90. The molecule has 0 unspecified atom stereocenters. The number of nitrogens with zero attached hydrogens (tertiary/aromatic N) is 2. The summed E-state index contributed by atoms with van der Waals surface area (Å²) in [4.78, 5) is 27.7. The predicted octanol–water partition coefficient (Wildman–Crippen LogP) is 4.54. The van der Waals surface area contributed by atoms with Crippen LogP contribution in [-0.4, -0.2) is 44.8 Å². The van der Waals surface area contributed by atoms with Gasteiger partial charge in [-0.05, 0) is 67.4 Å².